The molecule has 2 aromatic heterocycles. The first-order valence-corrected chi connectivity index (χ1v) is 11.4. The van der Waals surface area contributed by atoms with E-state index in [0.29, 0.717) is 17.7 Å². The summed E-state index contributed by atoms with van der Waals surface area (Å²) in [6, 6.07) is 5.95. The first kappa shape index (κ1) is 23.3. The van der Waals surface area contributed by atoms with Crippen molar-refractivity contribution >= 4 is 25.9 Å². The smallest absolute Gasteiger partial charge is 0.493 e. The van der Waals surface area contributed by atoms with Crippen LogP contribution in [0.15, 0.2) is 58.5 Å². The Kier molecular flexibility index (Phi) is 5.79. The van der Waals surface area contributed by atoms with Crippen molar-refractivity contribution in [3.05, 3.63) is 64.8 Å². The summed E-state index contributed by atoms with van der Waals surface area (Å²) in [5.74, 6) is -0.679. The van der Waals surface area contributed by atoms with Crippen LogP contribution in [0.2, 0.25) is 0 Å². The number of nitrogens with two attached hydrogens (primary N) is 1. The molecule has 16 heteroatoms. The Hall–Kier alpha value is -3.37. The van der Waals surface area contributed by atoms with E-state index >= 15 is 0 Å². The van der Waals surface area contributed by atoms with Crippen molar-refractivity contribution in [3.8, 4) is 11.6 Å². The van der Waals surface area contributed by atoms with E-state index in [1.165, 1.54) is 18.3 Å². The van der Waals surface area contributed by atoms with E-state index < -0.39 is 42.0 Å². The summed E-state index contributed by atoms with van der Waals surface area (Å²) in [6.45, 7) is -0.137. The number of halogens is 3. The molecule has 0 saturated heterocycles. The lowest BCUT2D eigenvalue weighted by atomic mass is 10.2. The Morgan fingerprint density at radius 2 is 1.72 bits per heavy atom. The Morgan fingerprint density at radius 1 is 1.09 bits per heavy atom. The number of alkyl halides is 3. The molecule has 0 aliphatic carbocycles. The average molecular weight is 493 g/mol. The highest BCUT2D eigenvalue weighted by Crippen LogP contribution is 2.30. The zero-order valence-electron chi connectivity index (χ0n) is 15.7. The molecule has 11 nitrogen and oxygen atoms in total. The highest BCUT2D eigenvalue weighted by molar-refractivity contribution is 7.92. The van der Waals surface area contributed by atoms with Gasteiger partial charge in [-0.3, -0.25) is 9.29 Å². The zero-order valence-corrected chi connectivity index (χ0v) is 17.3. The summed E-state index contributed by atoms with van der Waals surface area (Å²) in [5.41, 5.74) is -5.97. The van der Waals surface area contributed by atoms with E-state index in [-0.39, 0.29) is 18.1 Å². The third-order valence-corrected chi connectivity index (χ3v) is 6.07. The van der Waals surface area contributed by atoms with Crippen LogP contribution in [0.4, 0.5) is 19.0 Å². The maximum atomic E-state index is 12.7. The number of aromatic nitrogens is 3. The van der Waals surface area contributed by atoms with Gasteiger partial charge in [-0.1, -0.05) is 0 Å². The molecule has 0 fully saturated rings. The molecule has 0 unspecified atom stereocenters. The highest BCUT2D eigenvalue weighted by Gasteiger charge is 2.46. The number of nitrogens with zero attached hydrogens (tertiary/aromatic N) is 3. The number of hydrogen-bond acceptors (Lipinski definition) is 7. The normalized spacial score (nSPS) is 12.6. The number of anilines is 1. The van der Waals surface area contributed by atoms with Crippen LogP contribution in [-0.4, -0.2) is 41.6 Å². The van der Waals surface area contributed by atoms with Crippen molar-refractivity contribution in [2.24, 2.45) is 5.14 Å². The molecule has 4 N–H and O–H groups in total. The van der Waals surface area contributed by atoms with Crippen LogP contribution in [0.5, 0.6) is 5.88 Å². The van der Waals surface area contributed by atoms with Crippen molar-refractivity contribution in [2.75, 3.05) is 4.72 Å². The van der Waals surface area contributed by atoms with E-state index in [4.69, 9.17) is 5.14 Å². The molecule has 3 aromatic rings. The molecule has 0 saturated carbocycles. The van der Waals surface area contributed by atoms with E-state index in [9.17, 15) is 39.9 Å². The third-order valence-electron chi connectivity index (χ3n) is 4.07. The molecule has 0 bridgehead atoms. The average Bonchev–Trinajstić information content (AvgIpc) is 2.93. The van der Waals surface area contributed by atoms with Gasteiger partial charge in [0.2, 0.25) is 5.88 Å². The molecule has 0 atom stereocenters. The highest BCUT2D eigenvalue weighted by atomic mass is 32.2. The fourth-order valence-corrected chi connectivity index (χ4v) is 3.88. The number of aromatic hydroxyl groups is 1. The molecule has 2 heterocycles. The van der Waals surface area contributed by atoms with Gasteiger partial charge in [0.1, 0.15) is 5.82 Å². The quantitative estimate of drug-likeness (QED) is 0.454. The standard InChI is InChI=1S/C16H14F3N5O6S2/c17-16(18,19)31(27,28)12-3-1-11(2-4-12)24-14(25)9-23(15(24)26)8-10-5-6-21-13(7-10)22-32(20,29)30/h1-7,9,25H,8H2,(H,21,22)(H2,20,29,30). The van der Waals surface area contributed by atoms with E-state index in [2.05, 4.69) is 4.98 Å². The van der Waals surface area contributed by atoms with Crippen molar-refractivity contribution in [1.29, 1.82) is 0 Å². The van der Waals surface area contributed by atoms with Gasteiger partial charge in [-0.05, 0) is 42.0 Å². The second kappa shape index (κ2) is 7.95. The summed E-state index contributed by atoms with van der Waals surface area (Å²) in [4.78, 5) is 15.4. The molecule has 32 heavy (non-hydrogen) atoms. The van der Waals surface area contributed by atoms with Gasteiger partial charge in [-0.15, -0.1) is 0 Å². The minimum Gasteiger partial charge on any atom is -0.493 e. The number of nitrogens with one attached hydrogen (secondary N) is 1. The fraction of sp³-hybridized carbons (Fsp3) is 0.125. The second-order valence-corrected chi connectivity index (χ2v) is 9.61. The number of pyridine rings is 1. The minimum atomic E-state index is -5.57. The van der Waals surface area contributed by atoms with Gasteiger partial charge in [0.05, 0.1) is 23.3 Å². The molecule has 0 radical (unpaired) electrons. The molecule has 0 spiro atoms. The van der Waals surface area contributed by atoms with Gasteiger partial charge in [0.25, 0.3) is 20.0 Å². The first-order valence-electron chi connectivity index (χ1n) is 8.37. The summed E-state index contributed by atoms with van der Waals surface area (Å²) < 4.78 is 86.9. The van der Waals surface area contributed by atoms with Crippen LogP contribution in [0.1, 0.15) is 5.56 Å². The van der Waals surface area contributed by atoms with Gasteiger partial charge in [-0.25, -0.2) is 27.9 Å². The van der Waals surface area contributed by atoms with Gasteiger partial charge >= 0.3 is 11.2 Å². The fourth-order valence-electron chi connectivity index (χ4n) is 2.71. The predicted molar refractivity (Wildman–Crippen MR) is 105 cm³/mol. The van der Waals surface area contributed by atoms with Crippen LogP contribution in [0.3, 0.4) is 0 Å². The lowest BCUT2D eigenvalue weighted by Gasteiger charge is -2.09. The Morgan fingerprint density at radius 3 is 2.28 bits per heavy atom. The summed E-state index contributed by atoms with van der Waals surface area (Å²) >= 11 is 0. The van der Waals surface area contributed by atoms with Crippen molar-refractivity contribution in [1.82, 2.24) is 14.1 Å². The molecule has 1 aromatic carbocycles. The Bertz CT molecular complexity index is 1430. The maximum absolute atomic E-state index is 12.7. The molecule has 0 amide bonds. The van der Waals surface area contributed by atoms with Crippen LogP contribution < -0.4 is 15.6 Å². The van der Waals surface area contributed by atoms with Gasteiger partial charge < -0.3 is 5.11 Å². The third kappa shape index (κ3) is 4.76. The van der Waals surface area contributed by atoms with Crippen LogP contribution in [0, 0.1) is 0 Å². The molecule has 0 aliphatic rings. The monoisotopic (exact) mass is 493 g/mol. The SMILES string of the molecule is NS(=O)(=O)Nc1cc(Cn2cc(O)n(-c3ccc(S(=O)(=O)C(F)(F)F)cc3)c2=O)ccn1. The van der Waals surface area contributed by atoms with E-state index in [1.807, 2.05) is 4.72 Å². The number of hydrogen-bond donors (Lipinski definition) is 3. The summed E-state index contributed by atoms with van der Waals surface area (Å²) in [5, 5.41) is 15.0. The maximum Gasteiger partial charge on any atom is 0.501 e. The van der Waals surface area contributed by atoms with E-state index in [1.54, 1.807) is 0 Å². The summed E-state index contributed by atoms with van der Waals surface area (Å²) in [6.07, 6.45) is 2.29. The number of rotatable bonds is 6. The molecular weight excluding hydrogens is 479 g/mol. The van der Waals surface area contributed by atoms with Crippen LogP contribution in [-0.2, 0) is 26.6 Å². The lowest BCUT2D eigenvalue weighted by Crippen LogP contribution is -2.25. The molecular formula is C16H14F3N5O6S2. The molecule has 3 rings (SSSR count). The number of sulfone groups is 1. The van der Waals surface area contributed by atoms with Crippen molar-refractivity contribution in [2.45, 2.75) is 16.9 Å². The molecule has 0 aliphatic heterocycles. The Labute approximate surface area is 178 Å². The predicted octanol–water partition coefficient (Wildman–Crippen LogP) is 0.697. The van der Waals surface area contributed by atoms with Crippen LogP contribution in [0.25, 0.3) is 5.69 Å². The van der Waals surface area contributed by atoms with Gasteiger partial charge in [0, 0.05) is 6.20 Å². The van der Waals surface area contributed by atoms with Gasteiger partial charge in [0.15, 0.2) is 0 Å². The number of benzene rings is 1. The van der Waals surface area contributed by atoms with Gasteiger partial charge in [-0.2, -0.15) is 21.6 Å². The lowest BCUT2D eigenvalue weighted by molar-refractivity contribution is -0.0436. The molecule has 172 valence electrons. The minimum absolute atomic E-state index is 0.0846. The van der Waals surface area contributed by atoms with Crippen LogP contribution >= 0.6 is 0 Å². The second-order valence-electron chi connectivity index (χ2n) is 6.37. The zero-order chi connectivity index (χ0) is 23.9. The summed E-state index contributed by atoms with van der Waals surface area (Å²) in [7, 11) is -9.64. The van der Waals surface area contributed by atoms with Crippen molar-refractivity contribution in [3.63, 3.8) is 0 Å². The first-order chi connectivity index (χ1) is 14.7. The topological polar surface area (TPSA) is 166 Å². The van der Waals surface area contributed by atoms with E-state index in [0.717, 1.165) is 27.5 Å². The number of imidazole rings is 1. The van der Waals surface area contributed by atoms with Crippen molar-refractivity contribution < 1.29 is 35.1 Å². The Balaban J connectivity index is 1.92. The largest absolute Gasteiger partial charge is 0.501 e.